The number of halogens is 5. The van der Waals surface area contributed by atoms with E-state index in [1.807, 2.05) is 0 Å². The highest BCUT2D eigenvalue weighted by atomic mass is 19.4. The molecule has 4 N–H and O–H groups in total. The van der Waals surface area contributed by atoms with Gasteiger partial charge < -0.3 is 11.5 Å². The third kappa shape index (κ3) is 3.70. The lowest BCUT2D eigenvalue weighted by molar-refractivity contribution is -0.141. The molecule has 2 unspecified atom stereocenters. The van der Waals surface area contributed by atoms with Crippen LogP contribution in [0.4, 0.5) is 22.0 Å². The number of alkyl halides is 3. The molecule has 10 heteroatoms. The van der Waals surface area contributed by atoms with E-state index in [2.05, 4.69) is 15.0 Å². The average molecular weight is 483 g/mol. The molecule has 2 aliphatic heterocycles. The van der Waals surface area contributed by atoms with Gasteiger partial charge >= 0.3 is 6.18 Å². The Morgan fingerprint density at radius 3 is 2.49 bits per heavy atom. The highest BCUT2D eigenvalue weighted by molar-refractivity contribution is 6.11. The first-order valence-electron chi connectivity index (χ1n) is 10.6. The highest BCUT2D eigenvalue weighted by Crippen LogP contribution is 2.47. The van der Waals surface area contributed by atoms with Crippen molar-refractivity contribution in [2.45, 2.75) is 17.8 Å². The van der Waals surface area contributed by atoms with Crippen molar-refractivity contribution in [1.29, 1.82) is 0 Å². The van der Waals surface area contributed by atoms with Crippen molar-refractivity contribution in [1.82, 2.24) is 4.98 Å². The summed E-state index contributed by atoms with van der Waals surface area (Å²) in [6.45, 7) is 0.347. The van der Waals surface area contributed by atoms with Gasteiger partial charge in [-0.2, -0.15) is 13.2 Å². The summed E-state index contributed by atoms with van der Waals surface area (Å²) in [5, 5.41) is 0. The van der Waals surface area contributed by atoms with Gasteiger partial charge in [0.05, 0.1) is 12.1 Å². The molecule has 5 rings (SSSR count). The van der Waals surface area contributed by atoms with Gasteiger partial charge in [-0.15, -0.1) is 0 Å². The Labute approximate surface area is 196 Å². The van der Waals surface area contributed by atoms with Crippen molar-refractivity contribution in [2.75, 3.05) is 6.54 Å². The average Bonchev–Trinajstić information content (AvgIpc) is 3.13. The predicted octanol–water partition coefficient (Wildman–Crippen LogP) is 4.18. The molecule has 0 saturated carbocycles. The van der Waals surface area contributed by atoms with E-state index in [4.69, 9.17) is 11.5 Å². The molecule has 0 bridgehead atoms. The molecule has 1 aromatic heterocycles. The third-order valence-electron chi connectivity index (χ3n) is 6.05. The summed E-state index contributed by atoms with van der Waals surface area (Å²) in [5.74, 6) is -1.45. The van der Waals surface area contributed by atoms with Gasteiger partial charge in [-0.3, -0.25) is 9.98 Å². The topological polar surface area (TPSA) is 89.6 Å². The Morgan fingerprint density at radius 1 is 0.971 bits per heavy atom. The molecular weight excluding hydrogens is 465 g/mol. The van der Waals surface area contributed by atoms with Crippen LogP contribution < -0.4 is 11.5 Å². The fourth-order valence-electron chi connectivity index (χ4n) is 4.53. The number of benzene rings is 2. The smallest absolute Gasteiger partial charge is 0.383 e. The fourth-order valence-corrected chi connectivity index (χ4v) is 4.53. The number of hydrogen-bond donors (Lipinski definition) is 2. The van der Waals surface area contributed by atoms with Crippen molar-refractivity contribution >= 4 is 17.6 Å². The first-order valence-corrected chi connectivity index (χ1v) is 10.6. The first kappa shape index (κ1) is 22.9. The van der Waals surface area contributed by atoms with Crippen LogP contribution in [0.2, 0.25) is 0 Å². The summed E-state index contributed by atoms with van der Waals surface area (Å²) < 4.78 is 70.4. The van der Waals surface area contributed by atoms with E-state index in [-0.39, 0.29) is 33.7 Å². The second-order valence-electron chi connectivity index (χ2n) is 8.27. The number of hydrogen-bond acceptors (Lipinski definition) is 5. The number of pyridine rings is 1. The number of amidine groups is 1. The minimum atomic E-state index is -4.73. The number of dihydropyridines is 1. The normalized spacial score (nSPS) is 21.5. The monoisotopic (exact) mass is 483 g/mol. The van der Waals surface area contributed by atoms with Gasteiger partial charge in [0.2, 0.25) is 0 Å². The quantitative estimate of drug-likeness (QED) is 0.548. The second kappa shape index (κ2) is 8.09. The largest absolute Gasteiger partial charge is 0.433 e. The standard InChI is InChI=1S/C25H18F5N5/c26-19-5-4-14(9-17(19)13-8-16(31)12-33-11-13)24(15-6-7-34-21(10-15)25(28,29)30)18-2-1-3-20(27)22(18)23(32)35-24/h1-11,16H,12,31H2,(H2,32,35). The Hall–Kier alpha value is -3.92. The van der Waals surface area contributed by atoms with E-state index in [1.54, 1.807) is 6.08 Å². The maximum absolute atomic E-state index is 14.9. The summed E-state index contributed by atoms with van der Waals surface area (Å²) in [5.41, 5.74) is 10.3. The molecule has 2 aromatic carbocycles. The molecule has 0 radical (unpaired) electrons. The van der Waals surface area contributed by atoms with Crippen molar-refractivity contribution in [3.05, 3.63) is 106 Å². The number of aliphatic imine (C=N–C) groups is 2. The highest BCUT2D eigenvalue weighted by Gasteiger charge is 2.45. The summed E-state index contributed by atoms with van der Waals surface area (Å²) in [7, 11) is 0. The van der Waals surface area contributed by atoms with E-state index in [9.17, 15) is 22.0 Å². The molecule has 35 heavy (non-hydrogen) atoms. The van der Waals surface area contributed by atoms with Crippen molar-refractivity contribution in [3.63, 3.8) is 0 Å². The van der Waals surface area contributed by atoms with Gasteiger partial charge in [0, 0.05) is 35.2 Å². The molecular formula is C25H18F5N5. The third-order valence-corrected chi connectivity index (χ3v) is 6.05. The van der Waals surface area contributed by atoms with Crippen molar-refractivity contribution < 1.29 is 22.0 Å². The zero-order valence-electron chi connectivity index (χ0n) is 18.0. The summed E-state index contributed by atoms with van der Waals surface area (Å²) >= 11 is 0. The van der Waals surface area contributed by atoms with E-state index in [1.165, 1.54) is 48.7 Å². The van der Waals surface area contributed by atoms with E-state index >= 15 is 0 Å². The zero-order chi connectivity index (χ0) is 25.0. The lowest BCUT2D eigenvalue weighted by atomic mass is 9.76. The predicted molar refractivity (Wildman–Crippen MR) is 122 cm³/mol. The molecule has 3 heterocycles. The lowest BCUT2D eigenvalue weighted by Crippen LogP contribution is -2.27. The number of allylic oxidation sites excluding steroid dienone is 1. The number of nitrogens with zero attached hydrogens (tertiary/aromatic N) is 3. The minimum absolute atomic E-state index is 0.0239. The van der Waals surface area contributed by atoms with Crippen LogP contribution in [0.3, 0.4) is 0 Å². The maximum atomic E-state index is 14.9. The number of aromatic nitrogens is 1. The molecule has 5 nitrogen and oxygen atoms in total. The fraction of sp³-hybridized carbons (Fsp3) is 0.160. The molecule has 178 valence electrons. The zero-order valence-corrected chi connectivity index (χ0v) is 18.0. The minimum Gasteiger partial charge on any atom is -0.383 e. The Balaban J connectivity index is 1.82. The summed E-state index contributed by atoms with van der Waals surface area (Å²) in [6, 6.07) is 9.94. The second-order valence-corrected chi connectivity index (χ2v) is 8.27. The van der Waals surface area contributed by atoms with Crippen LogP contribution in [-0.2, 0) is 11.7 Å². The Bertz CT molecular complexity index is 1430. The Morgan fingerprint density at radius 2 is 1.74 bits per heavy atom. The van der Waals surface area contributed by atoms with Gasteiger partial charge in [0.1, 0.15) is 28.7 Å². The van der Waals surface area contributed by atoms with Crippen LogP contribution in [0.25, 0.3) is 5.57 Å². The van der Waals surface area contributed by atoms with Crippen molar-refractivity contribution in [3.8, 4) is 0 Å². The van der Waals surface area contributed by atoms with Gasteiger partial charge in [-0.05, 0) is 41.5 Å². The Kier molecular flexibility index (Phi) is 5.28. The van der Waals surface area contributed by atoms with Crippen LogP contribution in [0, 0.1) is 11.6 Å². The first-order chi connectivity index (χ1) is 16.6. The summed E-state index contributed by atoms with van der Waals surface area (Å²) in [4.78, 5) is 12.1. The van der Waals surface area contributed by atoms with Crippen LogP contribution in [-0.4, -0.2) is 29.6 Å². The van der Waals surface area contributed by atoms with Crippen LogP contribution in [0.1, 0.15) is 33.5 Å². The van der Waals surface area contributed by atoms with Gasteiger partial charge in [-0.1, -0.05) is 24.3 Å². The molecule has 3 aromatic rings. The number of fused-ring (bicyclic) bond motifs is 1. The van der Waals surface area contributed by atoms with E-state index in [0.29, 0.717) is 12.1 Å². The van der Waals surface area contributed by atoms with Gasteiger partial charge in [0.25, 0.3) is 0 Å². The van der Waals surface area contributed by atoms with Crippen molar-refractivity contribution in [2.24, 2.45) is 21.5 Å². The van der Waals surface area contributed by atoms with Gasteiger partial charge in [0.15, 0.2) is 0 Å². The molecule has 0 spiro atoms. The molecule has 2 atom stereocenters. The molecule has 0 fully saturated rings. The lowest BCUT2D eigenvalue weighted by Gasteiger charge is -2.30. The van der Waals surface area contributed by atoms with E-state index in [0.717, 1.165) is 12.3 Å². The summed E-state index contributed by atoms with van der Waals surface area (Å²) in [6.07, 6.45) is -0.603. The van der Waals surface area contributed by atoms with Crippen LogP contribution in [0.15, 0.2) is 70.8 Å². The number of nitrogens with two attached hydrogens (primary N) is 2. The molecule has 0 amide bonds. The molecule has 0 aliphatic carbocycles. The van der Waals surface area contributed by atoms with Crippen LogP contribution >= 0.6 is 0 Å². The molecule has 2 aliphatic rings. The van der Waals surface area contributed by atoms with E-state index < -0.39 is 35.1 Å². The maximum Gasteiger partial charge on any atom is 0.433 e. The molecule has 0 saturated heterocycles. The van der Waals surface area contributed by atoms with Crippen LogP contribution in [0.5, 0.6) is 0 Å². The van der Waals surface area contributed by atoms with Gasteiger partial charge in [-0.25, -0.2) is 13.8 Å². The number of rotatable bonds is 3. The SMILES string of the molecule is NC1=NC(c2ccnc(C(F)(F)F)c2)(c2ccc(F)c(C3=CC(N)CN=C3)c2)c2cccc(F)c21.